The summed E-state index contributed by atoms with van der Waals surface area (Å²) in [5.74, 6) is -0.0288. The maximum atomic E-state index is 11.4. The molecule has 4 N–H and O–H groups in total. The number of nitrogens with two attached hydrogens (primary N) is 1. The van der Waals surface area contributed by atoms with E-state index in [1.54, 1.807) is 0 Å². The summed E-state index contributed by atoms with van der Waals surface area (Å²) in [6.45, 7) is 4.01. The van der Waals surface area contributed by atoms with Gasteiger partial charge in [0.2, 0.25) is 11.8 Å². The van der Waals surface area contributed by atoms with Crippen molar-refractivity contribution in [3.05, 3.63) is 5.82 Å². The second kappa shape index (κ2) is 4.59. The summed E-state index contributed by atoms with van der Waals surface area (Å²) in [5, 5.41) is 8.81. The van der Waals surface area contributed by atoms with Crippen molar-refractivity contribution in [1.29, 1.82) is 0 Å². The Morgan fingerprint density at radius 2 is 2.43 bits per heavy atom. The van der Waals surface area contributed by atoms with Gasteiger partial charge in [-0.15, -0.1) is 5.10 Å². The van der Waals surface area contributed by atoms with Crippen LogP contribution in [0.2, 0.25) is 0 Å². The van der Waals surface area contributed by atoms with Gasteiger partial charge in [0.25, 0.3) is 5.91 Å². The van der Waals surface area contributed by atoms with Gasteiger partial charge in [0.1, 0.15) is 0 Å². The number of carbonyl (C=O) groups excluding carboxylic acids is 1. The maximum Gasteiger partial charge on any atom is 0.288 e. The van der Waals surface area contributed by atoms with E-state index < -0.39 is 0 Å². The number of nitrogens with zero attached hydrogens (tertiary/aromatic N) is 2. The van der Waals surface area contributed by atoms with E-state index in [-0.39, 0.29) is 23.7 Å². The molecule has 1 unspecified atom stereocenters. The predicted molar refractivity (Wildman–Crippen MR) is 52.6 cm³/mol. The lowest BCUT2D eigenvalue weighted by atomic mass is 10.2. The zero-order chi connectivity index (χ0) is 10.6. The fourth-order valence-electron chi connectivity index (χ4n) is 1.17. The van der Waals surface area contributed by atoms with Gasteiger partial charge in [0.05, 0.1) is 0 Å². The molecule has 0 saturated carbocycles. The Bertz CT molecular complexity index is 308. The minimum atomic E-state index is -0.268. The predicted octanol–water partition coefficient (Wildman–Crippen LogP) is 0.305. The molecule has 1 aromatic heterocycles. The first-order valence-corrected chi connectivity index (χ1v) is 4.62. The first-order chi connectivity index (χ1) is 6.63. The van der Waals surface area contributed by atoms with Gasteiger partial charge in [-0.3, -0.25) is 9.89 Å². The van der Waals surface area contributed by atoms with Crippen LogP contribution in [-0.4, -0.2) is 27.1 Å². The highest BCUT2D eigenvalue weighted by molar-refractivity contribution is 5.90. The molecule has 1 amide bonds. The van der Waals surface area contributed by atoms with Crippen LogP contribution in [0.15, 0.2) is 0 Å². The van der Waals surface area contributed by atoms with Crippen LogP contribution in [0.4, 0.5) is 5.95 Å². The van der Waals surface area contributed by atoms with Gasteiger partial charge in [0.15, 0.2) is 0 Å². The molecule has 6 nitrogen and oxygen atoms in total. The largest absolute Gasteiger partial charge is 0.366 e. The summed E-state index contributed by atoms with van der Waals surface area (Å²) in [6.07, 6.45) is 1.97. The van der Waals surface area contributed by atoms with Gasteiger partial charge in [-0.1, -0.05) is 13.3 Å². The molecule has 0 aliphatic rings. The van der Waals surface area contributed by atoms with Crippen molar-refractivity contribution in [3.63, 3.8) is 0 Å². The zero-order valence-electron chi connectivity index (χ0n) is 8.37. The fourth-order valence-corrected chi connectivity index (χ4v) is 1.17. The molecule has 0 aliphatic carbocycles. The van der Waals surface area contributed by atoms with Crippen LogP contribution in [0.5, 0.6) is 0 Å². The van der Waals surface area contributed by atoms with Crippen molar-refractivity contribution in [3.8, 4) is 0 Å². The molecule has 1 heterocycles. The smallest absolute Gasteiger partial charge is 0.288 e. The van der Waals surface area contributed by atoms with E-state index in [0.717, 1.165) is 12.8 Å². The standard InChI is InChI=1S/C8H15N5O/c1-3-4-5(2)10-7(14)6-11-8(9)13-12-6/h5H,3-4H2,1-2H3,(H,10,14)(H3,9,11,12,13). The zero-order valence-corrected chi connectivity index (χ0v) is 8.37. The number of hydrogen-bond donors (Lipinski definition) is 3. The summed E-state index contributed by atoms with van der Waals surface area (Å²) >= 11 is 0. The van der Waals surface area contributed by atoms with Crippen LogP contribution in [-0.2, 0) is 0 Å². The summed E-state index contributed by atoms with van der Waals surface area (Å²) in [4.78, 5) is 15.2. The van der Waals surface area contributed by atoms with Gasteiger partial charge in [0, 0.05) is 6.04 Å². The van der Waals surface area contributed by atoms with E-state index >= 15 is 0 Å². The molecule has 0 saturated heterocycles. The third kappa shape index (κ3) is 2.72. The Hall–Kier alpha value is -1.59. The lowest BCUT2D eigenvalue weighted by molar-refractivity contribution is 0.0928. The minimum absolute atomic E-state index is 0.0818. The fraction of sp³-hybridized carbons (Fsp3) is 0.625. The van der Waals surface area contributed by atoms with E-state index in [2.05, 4.69) is 27.4 Å². The van der Waals surface area contributed by atoms with Crippen molar-refractivity contribution in [2.45, 2.75) is 32.7 Å². The number of aromatic amines is 1. The lowest BCUT2D eigenvalue weighted by Crippen LogP contribution is -2.33. The van der Waals surface area contributed by atoms with Crippen LogP contribution in [0.3, 0.4) is 0 Å². The topological polar surface area (TPSA) is 96.7 Å². The van der Waals surface area contributed by atoms with Crippen molar-refractivity contribution < 1.29 is 4.79 Å². The molecule has 6 heteroatoms. The number of hydrogen-bond acceptors (Lipinski definition) is 4. The molecule has 0 aliphatic heterocycles. The summed E-state index contributed by atoms with van der Waals surface area (Å²) in [7, 11) is 0. The van der Waals surface area contributed by atoms with Gasteiger partial charge >= 0.3 is 0 Å². The third-order valence-electron chi connectivity index (χ3n) is 1.82. The normalized spacial score (nSPS) is 12.4. The molecule has 0 fully saturated rings. The maximum absolute atomic E-state index is 11.4. The Labute approximate surface area is 82.3 Å². The number of anilines is 1. The van der Waals surface area contributed by atoms with Crippen LogP contribution in [0.1, 0.15) is 37.3 Å². The molecule has 0 bridgehead atoms. The SMILES string of the molecule is CCCC(C)NC(=O)c1nc(N)n[nH]1. The quantitative estimate of drug-likeness (QED) is 0.647. The number of nitrogens with one attached hydrogen (secondary N) is 2. The van der Waals surface area contributed by atoms with Crippen LogP contribution >= 0.6 is 0 Å². The number of amides is 1. The molecular formula is C8H15N5O. The summed E-state index contributed by atoms with van der Waals surface area (Å²) in [5.41, 5.74) is 5.27. The van der Waals surface area contributed by atoms with Crippen molar-refractivity contribution in [1.82, 2.24) is 20.5 Å². The van der Waals surface area contributed by atoms with E-state index in [4.69, 9.17) is 5.73 Å². The van der Waals surface area contributed by atoms with E-state index in [9.17, 15) is 4.79 Å². The second-order valence-electron chi connectivity index (χ2n) is 3.21. The van der Waals surface area contributed by atoms with E-state index in [1.807, 2.05) is 6.92 Å². The highest BCUT2D eigenvalue weighted by Gasteiger charge is 2.12. The molecule has 78 valence electrons. The average molecular weight is 197 g/mol. The molecule has 0 radical (unpaired) electrons. The molecule has 0 spiro atoms. The van der Waals surface area contributed by atoms with Crippen LogP contribution in [0.25, 0.3) is 0 Å². The number of rotatable bonds is 4. The van der Waals surface area contributed by atoms with Gasteiger partial charge < -0.3 is 11.1 Å². The van der Waals surface area contributed by atoms with Crippen LogP contribution < -0.4 is 11.1 Å². The summed E-state index contributed by atoms with van der Waals surface area (Å²) in [6, 6.07) is 0.138. The summed E-state index contributed by atoms with van der Waals surface area (Å²) < 4.78 is 0. The van der Waals surface area contributed by atoms with Crippen LogP contribution in [0, 0.1) is 0 Å². The number of H-pyrrole nitrogens is 1. The molecule has 1 aromatic rings. The Morgan fingerprint density at radius 1 is 1.71 bits per heavy atom. The van der Waals surface area contributed by atoms with Gasteiger partial charge in [-0.2, -0.15) is 4.98 Å². The Kier molecular flexibility index (Phi) is 3.44. The molecule has 0 aromatic carbocycles. The molecule has 14 heavy (non-hydrogen) atoms. The number of aromatic nitrogens is 3. The Balaban J connectivity index is 2.50. The highest BCUT2D eigenvalue weighted by Crippen LogP contribution is 1.98. The number of carbonyl (C=O) groups is 1. The van der Waals surface area contributed by atoms with E-state index in [1.165, 1.54) is 0 Å². The Morgan fingerprint density at radius 3 is 2.93 bits per heavy atom. The van der Waals surface area contributed by atoms with E-state index in [0.29, 0.717) is 0 Å². The van der Waals surface area contributed by atoms with Crippen molar-refractivity contribution in [2.75, 3.05) is 5.73 Å². The first-order valence-electron chi connectivity index (χ1n) is 4.62. The molecule has 1 atom stereocenters. The number of nitrogen functional groups attached to an aromatic ring is 1. The lowest BCUT2D eigenvalue weighted by Gasteiger charge is -2.10. The average Bonchev–Trinajstić information content (AvgIpc) is 2.52. The minimum Gasteiger partial charge on any atom is -0.366 e. The second-order valence-corrected chi connectivity index (χ2v) is 3.21. The van der Waals surface area contributed by atoms with Gasteiger partial charge in [-0.25, -0.2) is 0 Å². The third-order valence-corrected chi connectivity index (χ3v) is 1.82. The van der Waals surface area contributed by atoms with Gasteiger partial charge in [-0.05, 0) is 13.3 Å². The van der Waals surface area contributed by atoms with Crippen molar-refractivity contribution in [2.24, 2.45) is 0 Å². The highest BCUT2D eigenvalue weighted by atomic mass is 16.2. The first kappa shape index (κ1) is 10.5. The monoisotopic (exact) mass is 197 g/mol. The molecular weight excluding hydrogens is 182 g/mol. The van der Waals surface area contributed by atoms with Crippen molar-refractivity contribution >= 4 is 11.9 Å². The molecule has 1 rings (SSSR count).